The van der Waals surface area contributed by atoms with Gasteiger partial charge >= 0.3 is 5.97 Å². The fourth-order valence-electron chi connectivity index (χ4n) is 3.34. The largest absolute Gasteiger partial charge is 0.463 e. The van der Waals surface area contributed by atoms with E-state index < -0.39 is 17.7 Å². The molecule has 28 heavy (non-hydrogen) atoms. The van der Waals surface area contributed by atoms with Gasteiger partial charge in [0.15, 0.2) is 0 Å². The van der Waals surface area contributed by atoms with Crippen LogP contribution >= 0.6 is 0 Å². The van der Waals surface area contributed by atoms with Gasteiger partial charge in [0.2, 0.25) is 5.88 Å². The molecule has 142 valence electrons. The van der Waals surface area contributed by atoms with E-state index in [2.05, 4.69) is 0 Å². The second-order valence-electron chi connectivity index (χ2n) is 6.18. The van der Waals surface area contributed by atoms with Gasteiger partial charge in [-0.2, -0.15) is 5.26 Å². The summed E-state index contributed by atoms with van der Waals surface area (Å²) in [6, 6.07) is 15.4. The minimum absolute atomic E-state index is 0.0810. The number of hydrogen-bond donors (Lipinski definition) is 1. The van der Waals surface area contributed by atoms with Crippen LogP contribution in [0.3, 0.4) is 0 Å². The smallest absolute Gasteiger partial charge is 0.338 e. The minimum atomic E-state index is -0.825. The van der Waals surface area contributed by atoms with Crippen LogP contribution in [0.1, 0.15) is 25.3 Å². The molecule has 0 spiro atoms. The van der Waals surface area contributed by atoms with Gasteiger partial charge in [0.05, 0.1) is 18.1 Å². The average molecular weight is 378 g/mol. The monoisotopic (exact) mass is 378 g/mol. The molecule has 0 fully saturated rings. The molecule has 1 atom stereocenters. The fraction of sp³-hybridized carbons (Fsp3) is 0.182. The van der Waals surface area contributed by atoms with Gasteiger partial charge < -0.3 is 15.2 Å². The zero-order valence-electron chi connectivity index (χ0n) is 15.5. The highest BCUT2D eigenvalue weighted by molar-refractivity contribution is 5.93. The van der Waals surface area contributed by atoms with Crippen LogP contribution in [0, 0.1) is 17.1 Å². The van der Waals surface area contributed by atoms with Gasteiger partial charge in [-0.3, -0.25) is 0 Å². The number of benzene rings is 2. The first-order chi connectivity index (χ1) is 13.5. The molecule has 0 radical (unpaired) electrons. The molecule has 0 saturated carbocycles. The normalized spacial score (nSPS) is 16.4. The molecule has 6 heteroatoms. The number of hydrogen-bond acceptors (Lipinski definition) is 5. The van der Waals surface area contributed by atoms with Gasteiger partial charge in [0, 0.05) is 5.56 Å². The van der Waals surface area contributed by atoms with E-state index in [1.165, 1.54) is 6.07 Å². The Kier molecular flexibility index (Phi) is 5.46. The summed E-state index contributed by atoms with van der Waals surface area (Å²) < 4.78 is 25.1. The number of ether oxygens (including phenoxy) is 2. The van der Waals surface area contributed by atoms with E-state index in [1.54, 1.807) is 56.3 Å². The number of carbonyl (C=O) groups excluding carboxylic acids is 1. The highest BCUT2D eigenvalue weighted by Gasteiger charge is 2.37. The summed E-state index contributed by atoms with van der Waals surface area (Å²) in [5, 5.41) is 9.71. The van der Waals surface area contributed by atoms with E-state index in [4.69, 9.17) is 15.2 Å². The Balaban J connectivity index is 2.27. The topological polar surface area (TPSA) is 85.3 Å². The van der Waals surface area contributed by atoms with Crippen molar-refractivity contribution in [1.82, 2.24) is 0 Å². The van der Waals surface area contributed by atoms with Crippen LogP contribution in [-0.4, -0.2) is 12.6 Å². The van der Waals surface area contributed by atoms with Gasteiger partial charge in [0.1, 0.15) is 23.2 Å². The zero-order chi connectivity index (χ0) is 20.3. The van der Waals surface area contributed by atoms with Crippen molar-refractivity contribution in [3.8, 4) is 17.2 Å². The number of esters is 1. The van der Waals surface area contributed by atoms with Gasteiger partial charge in [0.25, 0.3) is 0 Å². The molecule has 5 nitrogen and oxygen atoms in total. The van der Waals surface area contributed by atoms with E-state index in [-0.39, 0.29) is 29.4 Å². The predicted molar refractivity (Wildman–Crippen MR) is 102 cm³/mol. The SMILES string of the molecule is CCOC(=O)C1=C(C)OC(N)=C(C#N)C1c1ccccc1-c1ccccc1F. The first-order valence-corrected chi connectivity index (χ1v) is 8.78. The van der Waals surface area contributed by atoms with Crippen molar-refractivity contribution < 1.29 is 18.7 Å². The molecule has 2 N–H and O–H groups in total. The average Bonchev–Trinajstić information content (AvgIpc) is 2.68. The van der Waals surface area contributed by atoms with E-state index >= 15 is 0 Å². The molecule has 0 amide bonds. The van der Waals surface area contributed by atoms with E-state index in [1.807, 2.05) is 6.07 Å². The van der Waals surface area contributed by atoms with E-state index in [0.717, 1.165) is 0 Å². The predicted octanol–water partition coefficient (Wildman–Crippen LogP) is 4.14. The fourth-order valence-corrected chi connectivity index (χ4v) is 3.34. The lowest BCUT2D eigenvalue weighted by Crippen LogP contribution is -2.26. The minimum Gasteiger partial charge on any atom is -0.463 e. The van der Waals surface area contributed by atoms with Gasteiger partial charge in [-0.15, -0.1) is 0 Å². The van der Waals surface area contributed by atoms with Gasteiger partial charge in [-0.1, -0.05) is 42.5 Å². The maximum absolute atomic E-state index is 14.5. The number of carbonyl (C=O) groups is 1. The third-order valence-electron chi connectivity index (χ3n) is 4.54. The second kappa shape index (κ2) is 7.97. The first-order valence-electron chi connectivity index (χ1n) is 8.78. The maximum atomic E-state index is 14.5. The summed E-state index contributed by atoms with van der Waals surface area (Å²) in [6.45, 7) is 3.44. The lowest BCUT2D eigenvalue weighted by molar-refractivity contribution is -0.139. The molecule has 1 unspecified atom stereocenters. The molecular weight excluding hydrogens is 359 g/mol. The van der Waals surface area contributed by atoms with Crippen molar-refractivity contribution in [3.63, 3.8) is 0 Å². The van der Waals surface area contributed by atoms with Crippen LogP contribution in [-0.2, 0) is 14.3 Å². The van der Waals surface area contributed by atoms with Crippen molar-refractivity contribution in [2.75, 3.05) is 6.61 Å². The van der Waals surface area contributed by atoms with Crippen LogP contribution in [0.4, 0.5) is 4.39 Å². The van der Waals surface area contributed by atoms with Crippen LogP contribution in [0.5, 0.6) is 0 Å². The summed E-state index contributed by atoms with van der Waals surface area (Å²) in [4.78, 5) is 12.7. The second-order valence-corrected chi connectivity index (χ2v) is 6.18. The Morgan fingerprint density at radius 3 is 2.50 bits per heavy atom. The molecular formula is C22H19FN2O3. The third kappa shape index (κ3) is 3.35. The summed E-state index contributed by atoms with van der Waals surface area (Å²) in [6.07, 6.45) is 0. The molecule has 0 aromatic heterocycles. The quantitative estimate of drug-likeness (QED) is 0.808. The van der Waals surface area contributed by atoms with E-state index in [0.29, 0.717) is 16.7 Å². The highest BCUT2D eigenvalue weighted by atomic mass is 19.1. The Bertz CT molecular complexity index is 1030. The number of allylic oxidation sites excluding steroid dienone is 2. The van der Waals surface area contributed by atoms with Crippen molar-refractivity contribution in [2.24, 2.45) is 5.73 Å². The molecule has 3 rings (SSSR count). The summed E-state index contributed by atoms with van der Waals surface area (Å²) in [5.41, 5.74) is 7.68. The molecule has 1 heterocycles. The number of rotatable bonds is 4. The summed E-state index contributed by atoms with van der Waals surface area (Å²) >= 11 is 0. The summed E-state index contributed by atoms with van der Waals surface area (Å²) in [5.74, 6) is -1.66. The lowest BCUT2D eigenvalue weighted by atomic mass is 9.79. The Morgan fingerprint density at radius 1 is 1.21 bits per heavy atom. The van der Waals surface area contributed by atoms with Gasteiger partial charge in [-0.25, -0.2) is 9.18 Å². The van der Waals surface area contributed by atoms with Crippen LogP contribution < -0.4 is 5.73 Å². The molecule has 0 aliphatic carbocycles. The molecule has 1 aliphatic heterocycles. The Labute approximate surface area is 162 Å². The number of nitriles is 1. The van der Waals surface area contributed by atoms with E-state index in [9.17, 15) is 14.4 Å². The maximum Gasteiger partial charge on any atom is 0.338 e. The number of nitrogens with zero attached hydrogens (tertiary/aromatic N) is 1. The highest BCUT2D eigenvalue weighted by Crippen LogP contribution is 2.43. The zero-order valence-corrected chi connectivity index (χ0v) is 15.5. The lowest BCUT2D eigenvalue weighted by Gasteiger charge is -2.28. The molecule has 1 aliphatic rings. The van der Waals surface area contributed by atoms with Gasteiger partial charge in [-0.05, 0) is 31.0 Å². The van der Waals surface area contributed by atoms with Crippen molar-refractivity contribution in [2.45, 2.75) is 19.8 Å². The summed E-state index contributed by atoms with van der Waals surface area (Å²) in [7, 11) is 0. The van der Waals surface area contributed by atoms with Crippen LogP contribution in [0.2, 0.25) is 0 Å². The Morgan fingerprint density at radius 2 is 1.86 bits per heavy atom. The number of halogens is 1. The van der Waals surface area contributed by atoms with Crippen LogP contribution in [0.25, 0.3) is 11.1 Å². The molecule has 0 saturated heterocycles. The van der Waals surface area contributed by atoms with Crippen LogP contribution in [0.15, 0.2) is 71.3 Å². The third-order valence-corrected chi connectivity index (χ3v) is 4.54. The molecule has 0 bridgehead atoms. The first kappa shape index (κ1) is 19.2. The van der Waals surface area contributed by atoms with Crippen molar-refractivity contribution in [3.05, 3.63) is 82.7 Å². The Hall–Kier alpha value is -3.59. The van der Waals surface area contributed by atoms with Crippen molar-refractivity contribution >= 4 is 5.97 Å². The standard InChI is InChI=1S/C22H19FN2O3/c1-3-27-22(26)19-13(2)28-21(25)17(12-24)20(19)16-10-5-4-8-14(16)15-9-6-7-11-18(15)23/h4-11,20H,3,25H2,1-2H3. The molecule has 2 aromatic carbocycles. The number of nitrogens with two attached hydrogens (primary N) is 1. The van der Waals surface area contributed by atoms with Crippen molar-refractivity contribution in [1.29, 1.82) is 5.26 Å². The molecule has 2 aromatic rings.